The summed E-state index contributed by atoms with van der Waals surface area (Å²) in [6, 6.07) is 14.5. The topological polar surface area (TPSA) is 56.7 Å². The maximum absolute atomic E-state index is 5.60. The number of hydrogen-bond donors (Lipinski definition) is 1. The SMILES string of the molecule is NCCc1nncn1-c1cccc2ccccc12. The number of rotatable bonds is 3. The molecule has 0 saturated carbocycles. The normalized spacial score (nSPS) is 10.9. The highest BCUT2D eigenvalue weighted by Crippen LogP contribution is 2.22. The molecule has 0 bridgehead atoms. The Morgan fingerprint density at radius 2 is 1.89 bits per heavy atom. The molecule has 4 heteroatoms. The Bertz CT molecular complexity index is 667. The van der Waals surface area contributed by atoms with Crippen LogP contribution in [0.2, 0.25) is 0 Å². The zero-order valence-electron chi connectivity index (χ0n) is 9.95. The first-order valence-corrected chi connectivity index (χ1v) is 5.97. The van der Waals surface area contributed by atoms with E-state index in [0.29, 0.717) is 6.54 Å². The van der Waals surface area contributed by atoms with Crippen LogP contribution in [0.5, 0.6) is 0 Å². The molecule has 1 aromatic heterocycles. The lowest BCUT2D eigenvalue weighted by atomic mass is 10.1. The molecule has 2 aromatic carbocycles. The first kappa shape index (κ1) is 10.9. The van der Waals surface area contributed by atoms with E-state index < -0.39 is 0 Å². The van der Waals surface area contributed by atoms with E-state index in [9.17, 15) is 0 Å². The molecule has 18 heavy (non-hydrogen) atoms. The molecule has 0 aliphatic heterocycles. The minimum Gasteiger partial charge on any atom is -0.330 e. The van der Waals surface area contributed by atoms with Gasteiger partial charge < -0.3 is 5.73 Å². The van der Waals surface area contributed by atoms with Crippen molar-refractivity contribution in [3.05, 3.63) is 54.6 Å². The van der Waals surface area contributed by atoms with E-state index in [-0.39, 0.29) is 0 Å². The predicted octanol–water partition coefficient (Wildman–Crippen LogP) is 1.92. The fourth-order valence-electron chi connectivity index (χ4n) is 2.18. The summed E-state index contributed by atoms with van der Waals surface area (Å²) in [5.74, 6) is 0.897. The minimum absolute atomic E-state index is 0.573. The summed E-state index contributed by atoms with van der Waals surface area (Å²) in [7, 11) is 0. The lowest BCUT2D eigenvalue weighted by molar-refractivity contribution is 0.832. The second kappa shape index (κ2) is 4.58. The molecule has 4 nitrogen and oxygen atoms in total. The Morgan fingerprint density at radius 3 is 2.78 bits per heavy atom. The van der Waals surface area contributed by atoms with Gasteiger partial charge in [-0.15, -0.1) is 10.2 Å². The Hall–Kier alpha value is -2.20. The average Bonchev–Trinajstić information content (AvgIpc) is 2.87. The van der Waals surface area contributed by atoms with Crippen molar-refractivity contribution >= 4 is 10.8 Å². The Balaban J connectivity index is 2.22. The van der Waals surface area contributed by atoms with Crippen LogP contribution in [0.15, 0.2) is 48.8 Å². The van der Waals surface area contributed by atoms with Crippen LogP contribution < -0.4 is 5.73 Å². The summed E-state index contributed by atoms with van der Waals surface area (Å²) in [5, 5.41) is 10.5. The summed E-state index contributed by atoms with van der Waals surface area (Å²) < 4.78 is 2.01. The van der Waals surface area contributed by atoms with Crippen LogP contribution in [0.25, 0.3) is 16.5 Å². The standard InChI is InChI=1S/C14H14N4/c15-9-8-14-17-16-10-18(14)13-7-3-5-11-4-1-2-6-12(11)13/h1-7,10H,8-9,15H2. The van der Waals surface area contributed by atoms with Gasteiger partial charge in [0.1, 0.15) is 12.2 Å². The third-order valence-corrected chi connectivity index (χ3v) is 3.01. The molecule has 0 unspecified atom stereocenters. The van der Waals surface area contributed by atoms with Crippen molar-refractivity contribution in [3.8, 4) is 5.69 Å². The molecule has 0 atom stereocenters. The second-order valence-electron chi connectivity index (χ2n) is 4.15. The zero-order chi connectivity index (χ0) is 12.4. The second-order valence-corrected chi connectivity index (χ2v) is 4.15. The maximum atomic E-state index is 5.60. The first-order valence-electron chi connectivity index (χ1n) is 5.97. The van der Waals surface area contributed by atoms with Crippen LogP contribution in [0, 0.1) is 0 Å². The molecule has 3 aromatic rings. The Labute approximate surface area is 105 Å². The lowest BCUT2D eigenvalue weighted by Crippen LogP contribution is -2.08. The van der Waals surface area contributed by atoms with E-state index in [1.807, 2.05) is 22.8 Å². The summed E-state index contributed by atoms with van der Waals surface area (Å²) >= 11 is 0. The average molecular weight is 238 g/mol. The molecule has 3 rings (SSSR count). The van der Waals surface area contributed by atoms with Gasteiger partial charge in [0, 0.05) is 11.8 Å². The number of nitrogens with two attached hydrogens (primary N) is 1. The van der Waals surface area contributed by atoms with Gasteiger partial charge in [-0.05, 0) is 18.0 Å². The molecular weight excluding hydrogens is 224 g/mol. The molecular formula is C14H14N4. The van der Waals surface area contributed by atoms with Crippen molar-refractivity contribution in [3.63, 3.8) is 0 Å². The first-order chi connectivity index (χ1) is 8.90. The van der Waals surface area contributed by atoms with E-state index in [4.69, 9.17) is 5.73 Å². The van der Waals surface area contributed by atoms with E-state index >= 15 is 0 Å². The van der Waals surface area contributed by atoms with Crippen LogP contribution in [0.4, 0.5) is 0 Å². The largest absolute Gasteiger partial charge is 0.330 e. The van der Waals surface area contributed by atoms with Gasteiger partial charge in [-0.1, -0.05) is 36.4 Å². The third kappa shape index (κ3) is 1.76. The molecule has 2 N–H and O–H groups in total. The summed E-state index contributed by atoms with van der Waals surface area (Å²) in [4.78, 5) is 0. The third-order valence-electron chi connectivity index (χ3n) is 3.01. The van der Waals surface area contributed by atoms with E-state index in [1.165, 1.54) is 10.8 Å². The number of benzene rings is 2. The van der Waals surface area contributed by atoms with Gasteiger partial charge in [0.25, 0.3) is 0 Å². The zero-order valence-corrected chi connectivity index (χ0v) is 9.95. The van der Waals surface area contributed by atoms with Crippen LogP contribution in [-0.2, 0) is 6.42 Å². The lowest BCUT2D eigenvalue weighted by Gasteiger charge is -2.09. The van der Waals surface area contributed by atoms with Gasteiger partial charge in [-0.25, -0.2) is 0 Å². The van der Waals surface area contributed by atoms with Crippen molar-refractivity contribution < 1.29 is 0 Å². The number of fused-ring (bicyclic) bond motifs is 1. The quantitative estimate of drug-likeness (QED) is 0.758. The fourth-order valence-corrected chi connectivity index (χ4v) is 2.18. The minimum atomic E-state index is 0.573. The van der Waals surface area contributed by atoms with E-state index in [0.717, 1.165) is 17.9 Å². The summed E-state index contributed by atoms with van der Waals surface area (Å²) in [6.45, 7) is 0.573. The highest BCUT2D eigenvalue weighted by molar-refractivity contribution is 5.90. The van der Waals surface area contributed by atoms with Crippen molar-refractivity contribution in [1.82, 2.24) is 14.8 Å². The van der Waals surface area contributed by atoms with E-state index in [2.05, 4.69) is 34.5 Å². The van der Waals surface area contributed by atoms with Crippen molar-refractivity contribution in [1.29, 1.82) is 0 Å². The molecule has 0 aliphatic carbocycles. The predicted molar refractivity (Wildman–Crippen MR) is 71.6 cm³/mol. The number of nitrogens with zero attached hydrogens (tertiary/aromatic N) is 3. The molecule has 0 spiro atoms. The van der Waals surface area contributed by atoms with Crippen LogP contribution in [-0.4, -0.2) is 21.3 Å². The number of hydrogen-bond acceptors (Lipinski definition) is 3. The highest BCUT2D eigenvalue weighted by Gasteiger charge is 2.08. The maximum Gasteiger partial charge on any atom is 0.138 e. The van der Waals surface area contributed by atoms with Crippen LogP contribution >= 0.6 is 0 Å². The Kier molecular flexibility index (Phi) is 2.78. The van der Waals surface area contributed by atoms with Crippen LogP contribution in [0.3, 0.4) is 0 Å². The van der Waals surface area contributed by atoms with Crippen molar-refractivity contribution in [2.75, 3.05) is 6.54 Å². The highest BCUT2D eigenvalue weighted by atomic mass is 15.3. The van der Waals surface area contributed by atoms with Crippen molar-refractivity contribution in [2.24, 2.45) is 5.73 Å². The molecule has 0 fully saturated rings. The fraction of sp³-hybridized carbons (Fsp3) is 0.143. The van der Waals surface area contributed by atoms with Gasteiger partial charge in [-0.2, -0.15) is 0 Å². The van der Waals surface area contributed by atoms with Gasteiger partial charge >= 0.3 is 0 Å². The molecule has 0 saturated heterocycles. The van der Waals surface area contributed by atoms with Gasteiger partial charge in [0.2, 0.25) is 0 Å². The van der Waals surface area contributed by atoms with Crippen LogP contribution in [0.1, 0.15) is 5.82 Å². The van der Waals surface area contributed by atoms with E-state index in [1.54, 1.807) is 6.33 Å². The van der Waals surface area contributed by atoms with Gasteiger partial charge in [0.05, 0.1) is 5.69 Å². The van der Waals surface area contributed by atoms with Crippen molar-refractivity contribution in [2.45, 2.75) is 6.42 Å². The Morgan fingerprint density at radius 1 is 1.06 bits per heavy atom. The monoisotopic (exact) mass is 238 g/mol. The number of aromatic nitrogens is 3. The molecule has 0 amide bonds. The summed E-state index contributed by atoms with van der Waals surface area (Å²) in [5.41, 5.74) is 6.70. The summed E-state index contributed by atoms with van der Waals surface area (Å²) in [6.07, 6.45) is 2.47. The molecule has 90 valence electrons. The van der Waals surface area contributed by atoms with Gasteiger partial charge in [-0.3, -0.25) is 4.57 Å². The molecule has 0 aliphatic rings. The smallest absolute Gasteiger partial charge is 0.138 e. The molecule has 0 radical (unpaired) electrons. The van der Waals surface area contributed by atoms with Gasteiger partial charge in [0.15, 0.2) is 0 Å². The molecule has 1 heterocycles.